The van der Waals surface area contributed by atoms with Crippen molar-refractivity contribution in [2.45, 2.75) is 19.4 Å². The molecule has 0 spiro atoms. The van der Waals surface area contributed by atoms with Crippen molar-refractivity contribution >= 4 is 23.0 Å². The van der Waals surface area contributed by atoms with Crippen molar-refractivity contribution in [3.8, 4) is 11.1 Å². The van der Waals surface area contributed by atoms with Gasteiger partial charge in [-0.15, -0.1) is 0 Å². The van der Waals surface area contributed by atoms with E-state index < -0.39 is 0 Å². The first-order chi connectivity index (χ1) is 17.8. The van der Waals surface area contributed by atoms with Gasteiger partial charge in [0.2, 0.25) is 5.91 Å². The molecule has 0 aliphatic carbocycles. The highest BCUT2D eigenvalue weighted by molar-refractivity contribution is 5.79. The van der Waals surface area contributed by atoms with Crippen LogP contribution in [0.15, 0.2) is 115 Å². The molecule has 1 heterocycles. The molecule has 0 unspecified atom stereocenters. The summed E-state index contributed by atoms with van der Waals surface area (Å²) >= 11 is 0. The van der Waals surface area contributed by atoms with Crippen LogP contribution >= 0.6 is 0 Å². The molecule has 4 heteroatoms. The van der Waals surface area contributed by atoms with Crippen LogP contribution in [0, 0.1) is 0 Å². The fraction of sp³-hybridized carbons (Fsp3) is 0.125. The predicted octanol–water partition coefficient (Wildman–Crippen LogP) is 6.32. The summed E-state index contributed by atoms with van der Waals surface area (Å²) in [6, 6.07) is 36.9. The van der Waals surface area contributed by atoms with Gasteiger partial charge in [-0.3, -0.25) is 4.79 Å². The lowest BCUT2D eigenvalue weighted by Gasteiger charge is -2.09. The molecule has 0 saturated heterocycles. The highest BCUT2D eigenvalue weighted by Crippen LogP contribution is 2.20. The standard InChI is InChI=1S/C32H29N3O/c36-32(24-26-17-19-28(20-18-26)27-13-5-2-6-14-27)33-22-21-31-34-29-15-7-8-16-30(29)35(31)23-9-12-25-10-3-1-4-11-25/h1-20H,21-24H2,(H,33,36)/b12-9+. The van der Waals surface area contributed by atoms with Gasteiger partial charge in [0, 0.05) is 19.5 Å². The number of allylic oxidation sites excluding steroid dienone is 1. The SMILES string of the molecule is O=C(Cc1ccc(-c2ccccc2)cc1)NCCc1nc2ccccc2n1C/C=C/c1ccccc1. The van der Waals surface area contributed by atoms with Gasteiger partial charge in [-0.25, -0.2) is 4.98 Å². The molecule has 0 fully saturated rings. The summed E-state index contributed by atoms with van der Waals surface area (Å²) in [7, 11) is 0. The van der Waals surface area contributed by atoms with Crippen LogP contribution in [-0.2, 0) is 24.2 Å². The Morgan fingerprint density at radius 2 is 1.44 bits per heavy atom. The first-order valence-electron chi connectivity index (χ1n) is 12.3. The molecule has 0 saturated carbocycles. The molecule has 0 radical (unpaired) electrons. The Bertz CT molecular complexity index is 1450. The van der Waals surface area contributed by atoms with Crippen LogP contribution in [0.5, 0.6) is 0 Å². The van der Waals surface area contributed by atoms with Crippen LogP contribution in [0.2, 0.25) is 0 Å². The first-order valence-corrected chi connectivity index (χ1v) is 12.3. The summed E-state index contributed by atoms with van der Waals surface area (Å²) in [5.74, 6) is 0.996. The third kappa shape index (κ3) is 5.78. The second kappa shape index (κ2) is 11.3. The van der Waals surface area contributed by atoms with Gasteiger partial charge >= 0.3 is 0 Å². The average Bonchev–Trinajstić information content (AvgIpc) is 3.27. The van der Waals surface area contributed by atoms with Crippen LogP contribution in [-0.4, -0.2) is 22.0 Å². The number of imidazole rings is 1. The third-order valence-electron chi connectivity index (χ3n) is 6.23. The van der Waals surface area contributed by atoms with E-state index in [-0.39, 0.29) is 5.91 Å². The molecule has 0 atom stereocenters. The second-order valence-corrected chi connectivity index (χ2v) is 8.78. The lowest BCUT2D eigenvalue weighted by Crippen LogP contribution is -2.27. The summed E-state index contributed by atoms with van der Waals surface area (Å²) in [5.41, 5.74) is 6.59. The highest BCUT2D eigenvalue weighted by atomic mass is 16.1. The van der Waals surface area contributed by atoms with Gasteiger partial charge < -0.3 is 9.88 Å². The van der Waals surface area contributed by atoms with Crippen molar-refractivity contribution in [1.82, 2.24) is 14.9 Å². The van der Waals surface area contributed by atoms with E-state index >= 15 is 0 Å². The molecular weight excluding hydrogens is 442 g/mol. The minimum atomic E-state index is 0.0223. The number of rotatable bonds is 9. The molecule has 36 heavy (non-hydrogen) atoms. The molecule has 0 aliphatic rings. The summed E-state index contributed by atoms with van der Waals surface area (Å²) in [6.45, 7) is 1.28. The number of hydrogen-bond acceptors (Lipinski definition) is 2. The first kappa shape index (κ1) is 23.3. The van der Waals surface area contributed by atoms with Crippen LogP contribution in [0.1, 0.15) is 17.0 Å². The number of benzene rings is 4. The molecule has 1 amide bonds. The van der Waals surface area contributed by atoms with Crippen molar-refractivity contribution in [3.05, 3.63) is 132 Å². The normalized spacial score (nSPS) is 11.2. The zero-order chi connectivity index (χ0) is 24.6. The molecule has 1 aromatic heterocycles. The van der Waals surface area contributed by atoms with E-state index in [1.807, 2.05) is 66.7 Å². The van der Waals surface area contributed by atoms with E-state index in [9.17, 15) is 4.79 Å². The molecule has 178 valence electrons. The molecule has 1 N–H and O–H groups in total. The largest absolute Gasteiger partial charge is 0.355 e. The topological polar surface area (TPSA) is 46.9 Å². The van der Waals surface area contributed by atoms with Crippen molar-refractivity contribution in [3.63, 3.8) is 0 Å². The van der Waals surface area contributed by atoms with Crippen LogP contribution in [0.3, 0.4) is 0 Å². The van der Waals surface area contributed by atoms with Gasteiger partial charge in [0.15, 0.2) is 0 Å². The lowest BCUT2D eigenvalue weighted by molar-refractivity contribution is -0.120. The minimum Gasteiger partial charge on any atom is -0.355 e. The van der Waals surface area contributed by atoms with Crippen LogP contribution in [0.4, 0.5) is 0 Å². The summed E-state index contributed by atoms with van der Waals surface area (Å²) < 4.78 is 2.23. The van der Waals surface area contributed by atoms with Gasteiger partial charge in [0.05, 0.1) is 17.5 Å². The van der Waals surface area contributed by atoms with E-state index in [0.717, 1.165) is 34.5 Å². The summed E-state index contributed by atoms with van der Waals surface area (Å²) in [5, 5.41) is 3.07. The molecule has 0 aliphatic heterocycles. The van der Waals surface area contributed by atoms with Crippen LogP contribution in [0.25, 0.3) is 28.2 Å². The molecule has 4 nitrogen and oxygen atoms in total. The number of carbonyl (C=O) groups is 1. The highest BCUT2D eigenvalue weighted by Gasteiger charge is 2.10. The fourth-order valence-corrected chi connectivity index (χ4v) is 4.39. The molecule has 4 aromatic carbocycles. The Labute approximate surface area is 211 Å². The number of hydrogen-bond donors (Lipinski definition) is 1. The van der Waals surface area contributed by atoms with Crippen molar-refractivity contribution in [2.75, 3.05) is 6.54 Å². The Morgan fingerprint density at radius 1 is 0.778 bits per heavy atom. The number of nitrogens with zero attached hydrogens (tertiary/aromatic N) is 2. The number of para-hydroxylation sites is 2. The minimum absolute atomic E-state index is 0.0223. The predicted molar refractivity (Wildman–Crippen MR) is 148 cm³/mol. The maximum absolute atomic E-state index is 12.6. The van der Waals surface area contributed by atoms with Gasteiger partial charge in [-0.05, 0) is 34.4 Å². The number of amides is 1. The number of nitrogens with one attached hydrogen (secondary N) is 1. The number of aromatic nitrogens is 2. The van der Waals surface area contributed by atoms with Crippen molar-refractivity contribution in [2.24, 2.45) is 0 Å². The Morgan fingerprint density at radius 3 is 2.22 bits per heavy atom. The quantitative estimate of drug-likeness (QED) is 0.274. The van der Waals surface area contributed by atoms with E-state index in [1.54, 1.807) is 0 Å². The van der Waals surface area contributed by atoms with Crippen molar-refractivity contribution in [1.29, 1.82) is 0 Å². The van der Waals surface area contributed by atoms with Crippen molar-refractivity contribution < 1.29 is 4.79 Å². The van der Waals surface area contributed by atoms with Gasteiger partial charge in [0.25, 0.3) is 0 Å². The van der Waals surface area contributed by atoms with Crippen LogP contribution < -0.4 is 5.32 Å². The molecule has 0 bridgehead atoms. The Kier molecular flexibility index (Phi) is 7.33. The summed E-state index contributed by atoms with van der Waals surface area (Å²) in [4.78, 5) is 17.4. The van der Waals surface area contributed by atoms with Gasteiger partial charge in [-0.2, -0.15) is 0 Å². The zero-order valence-electron chi connectivity index (χ0n) is 20.2. The number of fused-ring (bicyclic) bond motifs is 1. The Balaban J connectivity index is 1.19. The van der Waals surface area contributed by atoms with Gasteiger partial charge in [-0.1, -0.05) is 109 Å². The second-order valence-electron chi connectivity index (χ2n) is 8.78. The van der Waals surface area contributed by atoms with E-state index in [1.165, 1.54) is 11.1 Å². The average molecular weight is 472 g/mol. The van der Waals surface area contributed by atoms with E-state index in [2.05, 4.69) is 64.5 Å². The third-order valence-corrected chi connectivity index (χ3v) is 6.23. The lowest BCUT2D eigenvalue weighted by atomic mass is 10.0. The maximum atomic E-state index is 12.6. The zero-order valence-corrected chi connectivity index (χ0v) is 20.2. The molecular formula is C32H29N3O. The molecule has 5 aromatic rings. The fourth-order valence-electron chi connectivity index (χ4n) is 4.39. The maximum Gasteiger partial charge on any atom is 0.224 e. The smallest absolute Gasteiger partial charge is 0.224 e. The number of carbonyl (C=O) groups excluding carboxylic acids is 1. The van der Waals surface area contributed by atoms with E-state index in [0.29, 0.717) is 19.4 Å². The monoisotopic (exact) mass is 471 g/mol. The van der Waals surface area contributed by atoms with E-state index in [4.69, 9.17) is 4.98 Å². The summed E-state index contributed by atoms with van der Waals surface area (Å²) in [6.07, 6.45) is 5.33. The van der Waals surface area contributed by atoms with Gasteiger partial charge in [0.1, 0.15) is 5.82 Å². The molecule has 5 rings (SSSR count). The Hall–Kier alpha value is -4.44.